The number of hydrogen-bond acceptors (Lipinski definition) is 4. The Morgan fingerprint density at radius 1 is 0.900 bits per heavy atom. The van der Waals surface area contributed by atoms with Crippen LogP contribution in [0.5, 0.6) is 0 Å². The van der Waals surface area contributed by atoms with Crippen LogP contribution in [0, 0.1) is 10.1 Å². The first-order chi connectivity index (χ1) is 14.4. The van der Waals surface area contributed by atoms with Gasteiger partial charge in [0.25, 0.3) is 15.7 Å². The highest BCUT2D eigenvalue weighted by molar-refractivity contribution is 7.89. The third-order valence-corrected chi connectivity index (χ3v) is 6.68. The Balaban J connectivity index is 2.08. The number of sulfonamides is 1. The molecule has 7 heteroatoms. The number of rotatable bonds is 9. The molecule has 6 nitrogen and oxygen atoms in total. The van der Waals surface area contributed by atoms with Crippen molar-refractivity contribution in [1.82, 2.24) is 4.31 Å². The zero-order valence-corrected chi connectivity index (χ0v) is 17.1. The summed E-state index contributed by atoms with van der Waals surface area (Å²) in [5, 5.41) is 11.5. The predicted octanol–water partition coefficient (Wildman–Crippen LogP) is 4.58. The Morgan fingerprint density at radius 2 is 1.43 bits per heavy atom. The SMILES string of the molecule is C=C[C@@H](Cc1ccccc1)N(Cc1ccccc1)S(=O)(=O)c1ccccc1[N+](=O)[O-]. The number of benzene rings is 3. The summed E-state index contributed by atoms with van der Waals surface area (Å²) < 4.78 is 28.5. The van der Waals surface area contributed by atoms with Crippen molar-refractivity contribution in [2.75, 3.05) is 0 Å². The Kier molecular flexibility index (Phi) is 6.76. The predicted molar refractivity (Wildman–Crippen MR) is 116 cm³/mol. The zero-order valence-electron chi connectivity index (χ0n) is 16.3. The van der Waals surface area contributed by atoms with E-state index in [1.807, 2.05) is 60.7 Å². The van der Waals surface area contributed by atoms with Crippen LogP contribution < -0.4 is 0 Å². The van der Waals surface area contributed by atoms with Crippen LogP contribution in [0.15, 0.2) is 102 Å². The maximum Gasteiger partial charge on any atom is 0.289 e. The van der Waals surface area contributed by atoms with Crippen LogP contribution >= 0.6 is 0 Å². The second kappa shape index (κ2) is 9.47. The van der Waals surface area contributed by atoms with Gasteiger partial charge in [-0.25, -0.2) is 8.42 Å². The molecule has 0 saturated heterocycles. The minimum Gasteiger partial charge on any atom is -0.258 e. The summed E-state index contributed by atoms with van der Waals surface area (Å²) in [6, 6.07) is 23.4. The van der Waals surface area contributed by atoms with Crippen molar-refractivity contribution in [2.24, 2.45) is 0 Å². The molecule has 0 spiro atoms. The van der Waals surface area contributed by atoms with Gasteiger partial charge in [-0.3, -0.25) is 10.1 Å². The van der Waals surface area contributed by atoms with Gasteiger partial charge in [0.1, 0.15) is 0 Å². The summed E-state index contributed by atoms with van der Waals surface area (Å²) in [6.07, 6.45) is 1.97. The third kappa shape index (κ3) is 4.82. The van der Waals surface area contributed by atoms with Crippen molar-refractivity contribution >= 4 is 15.7 Å². The Morgan fingerprint density at radius 3 is 2.00 bits per heavy atom. The molecule has 0 aliphatic heterocycles. The van der Waals surface area contributed by atoms with Crippen molar-refractivity contribution in [2.45, 2.75) is 23.9 Å². The molecule has 0 saturated carbocycles. The third-order valence-electron chi connectivity index (χ3n) is 4.76. The van der Waals surface area contributed by atoms with E-state index in [1.54, 1.807) is 6.08 Å². The molecular formula is C23H22N2O4S. The minimum atomic E-state index is -4.19. The van der Waals surface area contributed by atoms with Crippen LogP contribution in [0.4, 0.5) is 5.69 Å². The number of nitro benzene ring substituents is 1. The molecule has 0 radical (unpaired) electrons. The van der Waals surface area contributed by atoms with Gasteiger partial charge < -0.3 is 0 Å². The first kappa shape index (κ1) is 21.4. The summed E-state index contributed by atoms with van der Waals surface area (Å²) in [5.74, 6) is 0. The Labute approximate surface area is 176 Å². The second-order valence-corrected chi connectivity index (χ2v) is 8.61. The topological polar surface area (TPSA) is 80.5 Å². The van der Waals surface area contributed by atoms with Gasteiger partial charge in [-0.15, -0.1) is 6.58 Å². The second-order valence-electron chi connectivity index (χ2n) is 6.75. The average Bonchev–Trinajstić information content (AvgIpc) is 2.77. The van der Waals surface area contributed by atoms with E-state index in [4.69, 9.17) is 0 Å². The van der Waals surface area contributed by atoms with Crippen LogP contribution in [0.2, 0.25) is 0 Å². The van der Waals surface area contributed by atoms with Crippen molar-refractivity contribution in [3.63, 3.8) is 0 Å². The quantitative estimate of drug-likeness (QED) is 0.287. The molecule has 3 aromatic carbocycles. The molecule has 1 atom stereocenters. The van der Waals surface area contributed by atoms with Crippen molar-refractivity contribution in [3.05, 3.63) is 119 Å². The first-order valence-electron chi connectivity index (χ1n) is 9.39. The molecule has 0 aromatic heterocycles. The van der Waals surface area contributed by atoms with E-state index in [1.165, 1.54) is 28.6 Å². The number of para-hydroxylation sites is 1. The summed E-state index contributed by atoms with van der Waals surface area (Å²) in [5.41, 5.74) is 1.27. The van der Waals surface area contributed by atoms with Gasteiger partial charge in [0, 0.05) is 18.7 Å². The lowest BCUT2D eigenvalue weighted by molar-refractivity contribution is -0.387. The molecule has 0 aliphatic rings. The van der Waals surface area contributed by atoms with E-state index >= 15 is 0 Å². The maximum absolute atomic E-state index is 13.6. The molecule has 3 aromatic rings. The molecule has 0 heterocycles. The van der Waals surface area contributed by atoms with E-state index in [0.29, 0.717) is 6.42 Å². The monoisotopic (exact) mass is 422 g/mol. The van der Waals surface area contributed by atoms with E-state index in [0.717, 1.165) is 11.1 Å². The van der Waals surface area contributed by atoms with Gasteiger partial charge >= 0.3 is 0 Å². The van der Waals surface area contributed by atoms with E-state index in [2.05, 4.69) is 6.58 Å². The van der Waals surface area contributed by atoms with Crippen LogP contribution in [0.25, 0.3) is 0 Å². The van der Waals surface area contributed by atoms with Gasteiger partial charge in [0.2, 0.25) is 0 Å². The van der Waals surface area contributed by atoms with Crippen molar-refractivity contribution < 1.29 is 13.3 Å². The van der Waals surface area contributed by atoms with Crippen LogP contribution in [-0.4, -0.2) is 23.7 Å². The smallest absolute Gasteiger partial charge is 0.258 e. The average molecular weight is 423 g/mol. The largest absolute Gasteiger partial charge is 0.289 e. The van der Waals surface area contributed by atoms with E-state index in [-0.39, 0.29) is 11.4 Å². The highest BCUT2D eigenvalue weighted by Gasteiger charge is 2.35. The molecular weight excluding hydrogens is 400 g/mol. The molecule has 0 amide bonds. The van der Waals surface area contributed by atoms with Crippen LogP contribution in [-0.2, 0) is 23.0 Å². The fraction of sp³-hybridized carbons (Fsp3) is 0.130. The van der Waals surface area contributed by atoms with Crippen molar-refractivity contribution in [3.8, 4) is 0 Å². The maximum atomic E-state index is 13.6. The van der Waals surface area contributed by atoms with Gasteiger partial charge in [-0.05, 0) is 23.6 Å². The van der Waals surface area contributed by atoms with E-state index in [9.17, 15) is 18.5 Å². The highest BCUT2D eigenvalue weighted by Crippen LogP contribution is 2.30. The molecule has 0 aliphatic carbocycles. The molecule has 0 bridgehead atoms. The number of nitrogens with zero attached hydrogens (tertiary/aromatic N) is 2. The van der Waals surface area contributed by atoms with E-state index < -0.39 is 26.7 Å². The highest BCUT2D eigenvalue weighted by atomic mass is 32.2. The van der Waals surface area contributed by atoms with Crippen LogP contribution in [0.1, 0.15) is 11.1 Å². The summed E-state index contributed by atoms with van der Waals surface area (Å²) in [6.45, 7) is 3.91. The van der Waals surface area contributed by atoms with Gasteiger partial charge in [0.15, 0.2) is 4.90 Å². The summed E-state index contributed by atoms with van der Waals surface area (Å²) >= 11 is 0. The molecule has 30 heavy (non-hydrogen) atoms. The fourth-order valence-corrected chi connectivity index (χ4v) is 5.00. The standard InChI is InChI=1S/C23H22N2O4S/c1-2-21(17-19-11-5-3-6-12-19)24(18-20-13-7-4-8-14-20)30(28,29)23-16-10-9-15-22(23)25(26)27/h2-16,21H,1,17-18H2/t21-/m0/s1. The van der Waals surface area contributed by atoms with Gasteiger partial charge in [0.05, 0.1) is 4.92 Å². The molecule has 0 fully saturated rings. The normalized spacial score (nSPS) is 12.4. The molecule has 3 rings (SSSR count). The Hall–Kier alpha value is -3.29. The molecule has 0 N–H and O–H groups in total. The lowest BCUT2D eigenvalue weighted by atomic mass is 10.1. The zero-order chi connectivity index (χ0) is 21.6. The number of nitro groups is 1. The van der Waals surface area contributed by atoms with Crippen molar-refractivity contribution in [1.29, 1.82) is 0 Å². The lowest BCUT2D eigenvalue weighted by Gasteiger charge is -2.29. The Bertz CT molecular complexity index is 1120. The fourth-order valence-electron chi connectivity index (χ4n) is 3.25. The van der Waals surface area contributed by atoms with Crippen LogP contribution in [0.3, 0.4) is 0 Å². The summed E-state index contributed by atoms with van der Waals surface area (Å²) in [7, 11) is -4.19. The lowest BCUT2D eigenvalue weighted by Crippen LogP contribution is -2.40. The number of hydrogen-bond donors (Lipinski definition) is 0. The minimum absolute atomic E-state index is 0.0682. The summed E-state index contributed by atoms with van der Waals surface area (Å²) in [4.78, 5) is 10.5. The van der Waals surface area contributed by atoms with Gasteiger partial charge in [-0.2, -0.15) is 4.31 Å². The van der Waals surface area contributed by atoms with Gasteiger partial charge in [-0.1, -0.05) is 78.9 Å². The molecule has 154 valence electrons. The first-order valence-corrected chi connectivity index (χ1v) is 10.8. The molecule has 0 unspecified atom stereocenters.